The molecule has 1 aromatic carbocycles. The maximum atomic E-state index is 6.42. The molecule has 2 N–H and O–H groups in total. The molecule has 1 unspecified atom stereocenters. The Morgan fingerprint density at radius 3 is 2.62 bits per heavy atom. The molecule has 21 heavy (non-hydrogen) atoms. The molecule has 0 amide bonds. The average Bonchev–Trinajstić information content (AvgIpc) is 2.93. The molecule has 1 atom stereocenters. The zero-order valence-electron chi connectivity index (χ0n) is 12.2. The molecule has 2 aromatic rings. The van der Waals surface area contributed by atoms with Gasteiger partial charge in [-0.25, -0.2) is 0 Å². The second-order valence-corrected chi connectivity index (χ2v) is 7.62. The normalized spacial score (nSPS) is 13.1. The molecule has 0 saturated heterocycles. The van der Waals surface area contributed by atoms with Gasteiger partial charge in [0, 0.05) is 39.5 Å². The van der Waals surface area contributed by atoms with Crippen molar-refractivity contribution < 1.29 is 0 Å². The third kappa shape index (κ3) is 4.30. The van der Waals surface area contributed by atoms with Gasteiger partial charge in [-0.3, -0.25) is 4.90 Å². The van der Waals surface area contributed by atoms with E-state index in [0.29, 0.717) is 12.6 Å². The van der Waals surface area contributed by atoms with Crippen LogP contribution in [0.15, 0.2) is 40.2 Å². The van der Waals surface area contributed by atoms with Gasteiger partial charge < -0.3 is 5.73 Å². The first-order valence-electron chi connectivity index (χ1n) is 6.96. The molecular weight excluding hydrogens is 368 g/mol. The first-order valence-corrected chi connectivity index (χ1v) is 9.01. The summed E-state index contributed by atoms with van der Waals surface area (Å²) in [4.78, 5) is 3.75. The van der Waals surface area contributed by atoms with Crippen molar-refractivity contribution in [3.8, 4) is 0 Å². The smallest absolute Gasteiger partial charge is 0.0491 e. The molecule has 0 saturated carbocycles. The summed E-state index contributed by atoms with van der Waals surface area (Å²) in [5.41, 5.74) is 7.16. The largest absolute Gasteiger partial charge is 0.329 e. The average molecular weight is 388 g/mol. The molecule has 114 valence electrons. The summed E-state index contributed by atoms with van der Waals surface area (Å²) < 4.78 is 0.987. The van der Waals surface area contributed by atoms with E-state index >= 15 is 0 Å². The third-order valence-electron chi connectivity index (χ3n) is 3.53. The second kappa shape index (κ2) is 7.75. The van der Waals surface area contributed by atoms with Crippen LogP contribution in [0.1, 0.15) is 30.3 Å². The highest BCUT2D eigenvalue weighted by Crippen LogP contribution is 2.32. The molecular formula is C16H20BrClN2S. The minimum atomic E-state index is 0.118. The van der Waals surface area contributed by atoms with E-state index in [2.05, 4.69) is 58.3 Å². The highest BCUT2D eigenvalue weighted by atomic mass is 79.9. The summed E-state index contributed by atoms with van der Waals surface area (Å²) in [5.74, 6) is 0. The van der Waals surface area contributed by atoms with Crippen molar-refractivity contribution in [2.75, 3.05) is 6.54 Å². The highest BCUT2D eigenvalue weighted by Gasteiger charge is 2.24. The predicted molar refractivity (Wildman–Crippen MR) is 95.9 cm³/mol. The zero-order chi connectivity index (χ0) is 15.4. The van der Waals surface area contributed by atoms with Crippen molar-refractivity contribution in [2.45, 2.75) is 32.5 Å². The van der Waals surface area contributed by atoms with Gasteiger partial charge in [-0.2, -0.15) is 0 Å². The van der Waals surface area contributed by atoms with Gasteiger partial charge in [0.25, 0.3) is 0 Å². The fourth-order valence-corrected chi connectivity index (χ4v) is 3.96. The van der Waals surface area contributed by atoms with Crippen molar-refractivity contribution in [1.29, 1.82) is 0 Å². The van der Waals surface area contributed by atoms with Crippen molar-refractivity contribution >= 4 is 38.9 Å². The van der Waals surface area contributed by atoms with Crippen LogP contribution in [0.3, 0.4) is 0 Å². The van der Waals surface area contributed by atoms with Crippen LogP contribution in [-0.4, -0.2) is 17.5 Å². The number of nitrogens with two attached hydrogens (primary N) is 1. The van der Waals surface area contributed by atoms with Gasteiger partial charge in [-0.1, -0.05) is 39.7 Å². The van der Waals surface area contributed by atoms with Crippen LogP contribution >= 0.6 is 38.9 Å². The molecule has 0 aliphatic rings. The highest BCUT2D eigenvalue weighted by molar-refractivity contribution is 9.10. The molecule has 5 heteroatoms. The predicted octanol–water partition coefficient (Wildman–Crippen LogP) is 5.07. The molecule has 1 heterocycles. The van der Waals surface area contributed by atoms with E-state index < -0.39 is 0 Å². The lowest BCUT2D eigenvalue weighted by molar-refractivity contribution is 0.149. The van der Waals surface area contributed by atoms with Crippen molar-refractivity contribution in [3.63, 3.8) is 0 Å². The van der Waals surface area contributed by atoms with Crippen molar-refractivity contribution in [1.82, 2.24) is 4.90 Å². The molecule has 1 aromatic heterocycles. The fraction of sp³-hybridized carbons (Fsp3) is 0.375. The Kier molecular flexibility index (Phi) is 6.26. The maximum absolute atomic E-state index is 6.42. The van der Waals surface area contributed by atoms with Gasteiger partial charge in [0.2, 0.25) is 0 Å². The SMILES string of the molecule is CC(C)N(Cc1cccs1)C(CN)c1ccc(Br)cc1Cl. The number of rotatable bonds is 6. The quantitative estimate of drug-likeness (QED) is 0.749. The van der Waals surface area contributed by atoms with E-state index in [0.717, 1.165) is 21.6 Å². The molecule has 0 aliphatic carbocycles. The number of nitrogens with zero attached hydrogens (tertiary/aromatic N) is 1. The van der Waals surface area contributed by atoms with Gasteiger partial charge in [0.1, 0.15) is 0 Å². The topological polar surface area (TPSA) is 29.3 Å². The molecule has 0 radical (unpaired) electrons. The first-order chi connectivity index (χ1) is 10.0. The molecule has 0 bridgehead atoms. The lowest BCUT2D eigenvalue weighted by Gasteiger charge is -2.34. The maximum Gasteiger partial charge on any atom is 0.0491 e. The zero-order valence-corrected chi connectivity index (χ0v) is 15.4. The molecule has 0 aliphatic heterocycles. The summed E-state index contributed by atoms with van der Waals surface area (Å²) in [6, 6.07) is 10.8. The molecule has 2 nitrogen and oxygen atoms in total. The molecule has 2 rings (SSSR count). The number of hydrogen-bond acceptors (Lipinski definition) is 3. The van der Waals surface area contributed by atoms with E-state index in [4.69, 9.17) is 17.3 Å². The van der Waals surface area contributed by atoms with Crippen LogP contribution in [-0.2, 0) is 6.54 Å². The summed E-state index contributed by atoms with van der Waals surface area (Å²) in [5, 5.41) is 2.87. The Morgan fingerprint density at radius 2 is 2.10 bits per heavy atom. The Morgan fingerprint density at radius 1 is 1.33 bits per heavy atom. The van der Waals surface area contributed by atoms with Crippen molar-refractivity contribution in [2.24, 2.45) is 5.73 Å². The number of halogens is 2. The van der Waals surface area contributed by atoms with Crippen LogP contribution in [0.2, 0.25) is 5.02 Å². The summed E-state index contributed by atoms with van der Waals surface area (Å²) in [6.45, 7) is 5.83. The summed E-state index contributed by atoms with van der Waals surface area (Å²) in [6.07, 6.45) is 0. The summed E-state index contributed by atoms with van der Waals surface area (Å²) in [7, 11) is 0. The Hall–Kier alpha value is -0.390. The van der Waals surface area contributed by atoms with E-state index in [1.807, 2.05) is 12.1 Å². The third-order valence-corrected chi connectivity index (χ3v) is 5.21. The van der Waals surface area contributed by atoms with Crippen LogP contribution in [0.5, 0.6) is 0 Å². The van der Waals surface area contributed by atoms with Crippen LogP contribution in [0.25, 0.3) is 0 Å². The van der Waals surface area contributed by atoms with Gasteiger partial charge in [0.05, 0.1) is 0 Å². The van der Waals surface area contributed by atoms with E-state index in [-0.39, 0.29) is 6.04 Å². The van der Waals surface area contributed by atoms with Crippen LogP contribution in [0.4, 0.5) is 0 Å². The number of hydrogen-bond donors (Lipinski definition) is 1. The Labute approximate surface area is 144 Å². The minimum Gasteiger partial charge on any atom is -0.329 e. The van der Waals surface area contributed by atoms with Gasteiger partial charge in [-0.15, -0.1) is 11.3 Å². The number of benzene rings is 1. The van der Waals surface area contributed by atoms with E-state index in [1.54, 1.807) is 11.3 Å². The van der Waals surface area contributed by atoms with Crippen molar-refractivity contribution in [3.05, 3.63) is 55.6 Å². The lowest BCUT2D eigenvalue weighted by Crippen LogP contribution is -2.38. The number of thiophene rings is 1. The molecule has 0 spiro atoms. The first kappa shape index (κ1) is 17.0. The Balaban J connectivity index is 2.31. The Bertz CT molecular complexity index is 572. The minimum absolute atomic E-state index is 0.118. The van der Waals surface area contributed by atoms with E-state index in [1.165, 1.54) is 4.88 Å². The van der Waals surface area contributed by atoms with Gasteiger partial charge >= 0.3 is 0 Å². The lowest BCUT2D eigenvalue weighted by atomic mass is 10.0. The van der Waals surface area contributed by atoms with Crippen LogP contribution in [0, 0.1) is 0 Å². The summed E-state index contributed by atoms with van der Waals surface area (Å²) >= 11 is 11.7. The second-order valence-electron chi connectivity index (χ2n) is 5.26. The van der Waals surface area contributed by atoms with Gasteiger partial charge in [-0.05, 0) is 43.0 Å². The fourth-order valence-electron chi connectivity index (χ4n) is 2.45. The standard InChI is InChI=1S/C16H20BrClN2S/c1-11(2)20(10-13-4-3-7-21-13)16(9-19)14-6-5-12(17)8-15(14)18/h3-8,11,16H,9-10,19H2,1-2H3. The molecule has 0 fully saturated rings. The van der Waals surface area contributed by atoms with Crippen LogP contribution < -0.4 is 5.73 Å². The monoisotopic (exact) mass is 386 g/mol. The van der Waals surface area contributed by atoms with Gasteiger partial charge in [0.15, 0.2) is 0 Å². The van der Waals surface area contributed by atoms with E-state index in [9.17, 15) is 0 Å².